The van der Waals surface area contributed by atoms with Gasteiger partial charge < -0.3 is 19.7 Å². The molecule has 11 nitrogen and oxygen atoms in total. The highest BCUT2D eigenvalue weighted by Gasteiger charge is 2.45. The third kappa shape index (κ3) is 6.29. The van der Waals surface area contributed by atoms with Gasteiger partial charge >= 0.3 is 12.1 Å². The third-order valence-electron chi connectivity index (χ3n) is 9.54. The predicted molar refractivity (Wildman–Crippen MR) is 175 cm³/mol. The standard InChI is InChI=1S/C30H34ClFN8O3.C3H6/c1-42-29(41)35-19-6-2-3-9-39(16-19)27-22-14-33-25(20-12-18(31)13-23-21(20)15-34-38-23)24(32)26(22)36-28(37-27)43-17-30-7-4-10-40(30)11-5-8-30;1-2-3-1/h12-15,19H,2-11,16-17H2,1H3,(H,34,38)(H,35,41);1-3H2. The van der Waals surface area contributed by atoms with Crippen LogP contribution in [0.2, 0.25) is 5.02 Å². The highest BCUT2D eigenvalue weighted by Crippen LogP contribution is 2.40. The van der Waals surface area contributed by atoms with Crippen LogP contribution in [0.15, 0.2) is 24.5 Å². The monoisotopic (exact) mass is 650 g/mol. The van der Waals surface area contributed by atoms with Crippen LogP contribution in [0, 0.1) is 5.82 Å². The van der Waals surface area contributed by atoms with Gasteiger partial charge in [0.05, 0.1) is 29.7 Å². The summed E-state index contributed by atoms with van der Waals surface area (Å²) < 4.78 is 27.8. The summed E-state index contributed by atoms with van der Waals surface area (Å²) >= 11 is 6.38. The van der Waals surface area contributed by atoms with Crippen molar-refractivity contribution in [1.82, 2.24) is 35.4 Å². The number of aromatic nitrogens is 5. The van der Waals surface area contributed by atoms with Gasteiger partial charge in [-0.2, -0.15) is 15.1 Å². The number of amides is 1. The quantitative estimate of drug-likeness (QED) is 0.249. The van der Waals surface area contributed by atoms with Gasteiger partial charge in [-0.1, -0.05) is 30.9 Å². The molecule has 2 N–H and O–H groups in total. The fourth-order valence-corrected chi connectivity index (χ4v) is 7.28. The second-order valence-electron chi connectivity index (χ2n) is 12.8. The maximum atomic E-state index is 16.6. The molecule has 4 fully saturated rings. The molecule has 46 heavy (non-hydrogen) atoms. The zero-order valence-corrected chi connectivity index (χ0v) is 26.9. The zero-order valence-electron chi connectivity index (χ0n) is 26.2. The van der Waals surface area contributed by atoms with E-state index in [4.69, 9.17) is 26.1 Å². The number of hydrogen-bond donors (Lipinski definition) is 2. The van der Waals surface area contributed by atoms with E-state index in [1.807, 2.05) is 0 Å². The number of pyridine rings is 1. The number of rotatable bonds is 6. The molecule has 0 spiro atoms. The Morgan fingerprint density at radius 2 is 1.87 bits per heavy atom. The normalized spacial score (nSPS) is 20.6. The maximum Gasteiger partial charge on any atom is 0.407 e. The van der Waals surface area contributed by atoms with Crippen molar-refractivity contribution in [3.05, 3.63) is 35.4 Å². The number of alkyl carbamates (subject to hydrolysis) is 1. The van der Waals surface area contributed by atoms with Crippen molar-refractivity contribution >= 4 is 45.3 Å². The predicted octanol–water partition coefficient (Wildman–Crippen LogP) is 6.25. The van der Waals surface area contributed by atoms with Gasteiger partial charge in [-0.15, -0.1) is 0 Å². The van der Waals surface area contributed by atoms with E-state index < -0.39 is 11.9 Å². The fraction of sp³-hybridized carbons (Fsp3) is 0.545. The molecule has 244 valence electrons. The molecule has 1 saturated carbocycles. The number of H-pyrrole nitrogens is 1. The summed E-state index contributed by atoms with van der Waals surface area (Å²) in [4.78, 5) is 30.7. The van der Waals surface area contributed by atoms with Crippen LogP contribution < -0.4 is 15.0 Å². The Hall–Kier alpha value is -3.77. The maximum absolute atomic E-state index is 16.6. The Kier molecular flexibility index (Phi) is 8.82. The van der Waals surface area contributed by atoms with Crippen LogP contribution in [-0.2, 0) is 4.74 Å². The van der Waals surface area contributed by atoms with Crippen LogP contribution in [0.25, 0.3) is 33.1 Å². The second kappa shape index (κ2) is 13.2. The molecule has 1 aliphatic carbocycles. The van der Waals surface area contributed by atoms with Crippen molar-refractivity contribution in [1.29, 1.82) is 0 Å². The average Bonchev–Trinajstić information content (AvgIpc) is 3.71. The summed E-state index contributed by atoms with van der Waals surface area (Å²) in [7, 11) is 1.35. The molecule has 1 unspecified atom stereocenters. The van der Waals surface area contributed by atoms with Gasteiger partial charge in [0.2, 0.25) is 0 Å². The number of methoxy groups -OCH3 is 1. The zero-order chi connectivity index (χ0) is 31.7. The molecule has 3 aliphatic heterocycles. The number of halogens is 2. The van der Waals surface area contributed by atoms with Crippen LogP contribution in [-0.4, -0.2) is 87.6 Å². The van der Waals surface area contributed by atoms with Crippen molar-refractivity contribution < 1.29 is 18.7 Å². The number of ether oxygens (including phenoxy) is 2. The number of benzene rings is 1. The highest BCUT2D eigenvalue weighted by molar-refractivity contribution is 6.31. The van der Waals surface area contributed by atoms with Crippen LogP contribution in [0.4, 0.5) is 15.0 Å². The summed E-state index contributed by atoms with van der Waals surface area (Å²) in [5, 5.41) is 11.5. The molecule has 13 heteroatoms. The first-order chi connectivity index (χ1) is 22.4. The van der Waals surface area contributed by atoms with Gasteiger partial charge in [0.25, 0.3) is 0 Å². The Balaban J connectivity index is 0.00000107. The molecule has 1 atom stereocenters. The largest absolute Gasteiger partial charge is 0.461 e. The minimum absolute atomic E-state index is 0.0216. The minimum Gasteiger partial charge on any atom is -0.461 e. The summed E-state index contributed by atoms with van der Waals surface area (Å²) in [5.74, 6) is -0.0559. The molecule has 8 rings (SSSR count). The molecular formula is C33H40ClFN8O3. The third-order valence-corrected chi connectivity index (χ3v) is 9.75. The van der Waals surface area contributed by atoms with E-state index in [0.717, 1.165) is 58.0 Å². The van der Waals surface area contributed by atoms with Crippen LogP contribution in [0.3, 0.4) is 0 Å². The summed E-state index contributed by atoms with van der Waals surface area (Å²) in [6.45, 7) is 3.75. The summed E-state index contributed by atoms with van der Waals surface area (Å²) in [6.07, 6.45) is 14.3. The van der Waals surface area contributed by atoms with Crippen molar-refractivity contribution in [2.45, 2.75) is 75.8 Å². The summed E-state index contributed by atoms with van der Waals surface area (Å²) in [6, 6.07) is 3.40. The molecule has 1 aromatic carbocycles. The summed E-state index contributed by atoms with van der Waals surface area (Å²) in [5.41, 5.74) is 1.42. The number of carbonyl (C=O) groups is 1. The molecule has 0 bridgehead atoms. The topological polar surface area (TPSA) is 121 Å². The lowest BCUT2D eigenvalue weighted by Gasteiger charge is -2.31. The van der Waals surface area contributed by atoms with Gasteiger partial charge in [0.15, 0.2) is 5.82 Å². The first-order valence-corrected chi connectivity index (χ1v) is 16.8. The molecular weight excluding hydrogens is 611 g/mol. The van der Waals surface area contributed by atoms with E-state index in [2.05, 4.69) is 35.3 Å². The molecule has 0 radical (unpaired) electrons. The van der Waals surface area contributed by atoms with Crippen molar-refractivity contribution in [3.63, 3.8) is 0 Å². The van der Waals surface area contributed by atoms with E-state index in [-0.39, 0.29) is 28.8 Å². The lowest BCUT2D eigenvalue weighted by atomic mass is 9.95. The molecule has 6 heterocycles. The van der Waals surface area contributed by atoms with Crippen molar-refractivity contribution in [3.8, 4) is 17.3 Å². The minimum atomic E-state index is -0.587. The van der Waals surface area contributed by atoms with Gasteiger partial charge in [-0.05, 0) is 70.2 Å². The molecule has 4 aromatic rings. The van der Waals surface area contributed by atoms with Gasteiger partial charge in [-0.25, -0.2) is 9.18 Å². The Morgan fingerprint density at radius 1 is 1.07 bits per heavy atom. The molecule has 4 aliphatic rings. The van der Waals surface area contributed by atoms with Gasteiger partial charge in [0, 0.05) is 41.3 Å². The van der Waals surface area contributed by atoms with Crippen molar-refractivity contribution in [2.24, 2.45) is 0 Å². The van der Waals surface area contributed by atoms with Crippen LogP contribution in [0.1, 0.15) is 64.2 Å². The average molecular weight is 651 g/mol. The van der Waals surface area contributed by atoms with Gasteiger partial charge in [-0.3, -0.25) is 15.0 Å². The van der Waals surface area contributed by atoms with E-state index in [1.54, 1.807) is 24.5 Å². The van der Waals surface area contributed by atoms with Crippen LogP contribution >= 0.6 is 11.6 Å². The number of hydrogen-bond acceptors (Lipinski definition) is 9. The Morgan fingerprint density at radius 3 is 2.63 bits per heavy atom. The highest BCUT2D eigenvalue weighted by atomic mass is 35.5. The fourth-order valence-electron chi connectivity index (χ4n) is 7.06. The van der Waals surface area contributed by atoms with E-state index in [9.17, 15) is 4.79 Å². The molecule has 3 saturated heterocycles. The smallest absolute Gasteiger partial charge is 0.407 e. The van der Waals surface area contributed by atoms with E-state index in [0.29, 0.717) is 52.4 Å². The molecule has 3 aromatic heterocycles. The lowest BCUT2D eigenvalue weighted by molar-refractivity contribution is 0.108. The number of anilines is 1. The number of fused-ring (bicyclic) bond motifs is 3. The van der Waals surface area contributed by atoms with E-state index in [1.165, 1.54) is 26.4 Å². The van der Waals surface area contributed by atoms with Crippen molar-refractivity contribution in [2.75, 3.05) is 44.8 Å². The number of nitrogens with zero attached hydrogens (tertiary/aromatic N) is 6. The second-order valence-corrected chi connectivity index (χ2v) is 13.3. The lowest BCUT2D eigenvalue weighted by Crippen LogP contribution is -2.44. The Labute approximate surface area is 272 Å². The number of aromatic amines is 1. The SMILES string of the molecule is C1CC1.COC(=O)NC1CCCCN(c2nc(OCC34CCCN3CCC4)nc3c(F)c(-c4cc(Cl)cc5[nH]ncc45)ncc23)C1. The first kappa shape index (κ1) is 30.9. The van der Waals surface area contributed by atoms with Crippen LogP contribution in [0.5, 0.6) is 6.01 Å². The molecule has 1 amide bonds. The van der Waals surface area contributed by atoms with E-state index >= 15 is 4.39 Å². The Bertz CT molecular complexity index is 1720. The number of nitrogens with one attached hydrogen (secondary N) is 2. The van der Waals surface area contributed by atoms with Gasteiger partial charge in [0.1, 0.15) is 23.6 Å². The first-order valence-electron chi connectivity index (χ1n) is 16.4. The number of carbonyl (C=O) groups excluding carboxylic acids is 1.